The number of hydrogen-bond donors (Lipinski definition) is 0. The first-order valence-corrected chi connectivity index (χ1v) is 20.4. The van der Waals surface area contributed by atoms with Crippen LogP contribution in [0.5, 0.6) is 0 Å². The Kier molecular flexibility index (Phi) is 6.60. The number of hydrogen-bond acceptors (Lipinski definition) is 4. The molecular weight excluding hydrogens is 641 g/mol. The first kappa shape index (κ1) is 29.6. The molecule has 1 aliphatic heterocycles. The molecule has 244 valence electrons. The number of benzene rings is 7. The molecule has 0 bridgehead atoms. The fourth-order valence-corrected chi connectivity index (χ4v) is 11.3. The lowest BCUT2D eigenvalue weighted by atomic mass is 10.1. The van der Waals surface area contributed by atoms with Crippen molar-refractivity contribution in [1.82, 2.24) is 0 Å². The lowest BCUT2D eigenvalue weighted by Crippen LogP contribution is -2.49. The summed E-state index contributed by atoms with van der Waals surface area (Å²) in [6.45, 7) is 4.90. The summed E-state index contributed by atoms with van der Waals surface area (Å²) in [6.07, 6.45) is 0. The maximum atomic E-state index is 6.96. The van der Waals surface area contributed by atoms with Gasteiger partial charge in [0.2, 0.25) is 0 Å². The normalized spacial score (nSPS) is 13.1. The van der Waals surface area contributed by atoms with Gasteiger partial charge in [-0.2, -0.15) is 0 Å². The first-order chi connectivity index (χ1) is 25.1. The van der Waals surface area contributed by atoms with E-state index in [0.29, 0.717) is 0 Å². The molecule has 7 aromatic carbocycles. The van der Waals surface area contributed by atoms with Crippen LogP contribution in [0.3, 0.4) is 0 Å². The van der Waals surface area contributed by atoms with E-state index in [-0.39, 0.29) is 0 Å². The predicted octanol–water partition coefficient (Wildman–Crippen LogP) is 12.1. The van der Waals surface area contributed by atoms with Crippen molar-refractivity contribution in [3.63, 3.8) is 0 Å². The van der Waals surface area contributed by atoms with E-state index in [9.17, 15) is 0 Å². The molecule has 5 heteroatoms. The van der Waals surface area contributed by atoms with Crippen molar-refractivity contribution in [1.29, 1.82) is 0 Å². The average Bonchev–Trinajstić information content (AvgIpc) is 3.82. The Morgan fingerprint density at radius 2 is 1.02 bits per heavy atom. The zero-order chi connectivity index (χ0) is 34.1. The molecule has 0 unspecified atom stereocenters. The fourth-order valence-electron chi connectivity index (χ4n) is 8.09. The molecule has 51 heavy (non-hydrogen) atoms. The molecule has 0 atom stereocenters. The van der Waals surface area contributed by atoms with Crippen LogP contribution in [0.4, 0.5) is 34.1 Å². The first-order valence-electron chi connectivity index (χ1n) is 17.4. The zero-order valence-corrected chi connectivity index (χ0v) is 29.4. The van der Waals surface area contributed by atoms with Crippen LogP contribution in [0.2, 0.25) is 13.1 Å². The quantitative estimate of drug-likeness (QED) is 0.164. The van der Waals surface area contributed by atoms with E-state index in [2.05, 4.69) is 181 Å². The van der Waals surface area contributed by atoms with Gasteiger partial charge in [-0.3, -0.25) is 0 Å². The second-order valence-corrected chi connectivity index (χ2v) is 18.1. The van der Waals surface area contributed by atoms with Gasteiger partial charge < -0.3 is 18.6 Å². The molecular formula is C46H34N2O2Si. The van der Waals surface area contributed by atoms with Crippen LogP contribution < -0.4 is 20.2 Å². The lowest BCUT2D eigenvalue weighted by Gasteiger charge is -2.27. The highest BCUT2D eigenvalue weighted by molar-refractivity contribution is 7.05. The summed E-state index contributed by atoms with van der Waals surface area (Å²) in [5, 5.41) is 6.20. The summed E-state index contributed by atoms with van der Waals surface area (Å²) in [5.74, 6) is 0.997. The Balaban J connectivity index is 1.14. The summed E-state index contributed by atoms with van der Waals surface area (Å²) < 4.78 is 13.5. The molecule has 1 aliphatic rings. The Morgan fingerprint density at radius 3 is 1.73 bits per heavy atom. The van der Waals surface area contributed by atoms with Crippen LogP contribution in [0.25, 0.3) is 44.2 Å². The molecule has 10 rings (SSSR count). The predicted molar refractivity (Wildman–Crippen MR) is 215 cm³/mol. The minimum Gasteiger partial charge on any atom is -0.456 e. The highest BCUT2D eigenvalue weighted by Crippen LogP contribution is 2.45. The second-order valence-electron chi connectivity index (χ2n) is 13.8. The van der Waals surface area contributed by atoms with E-state index < -0.39 is 8.07 Å². The minimum absolute atomic E-state index is 0.871. The van der Waals surface area contributed by atoms with E-state index in [0.717, 1.165) is 67.4 Å². The van der Waals surface area contributed by atoms with Gasteiger partial charge >= 0.3 is 0 Å². The molecule has 0 amide bonds. The average molecular weight is 675 g/mol. The van der Waals surface area contributed by atoms with Gasteiger partial charge in [0, 0.05) is 56.2 Å². The molecule has 0 saturated carbocycles. The molecule has 0 spiro atoms. The molecule has 2 aromatic heterocycles. The third-order valence-electron chi connectivity index (χ3n) is 10.4. The van der Waals surface area contributed by atoms with Gasteiger partial charge in [-0.25, -0.2) is 0 Å². The highest BCUT2D eigenvalue weighted by atomic mass is 28.3. The van der Waals surface area contributed by atoms with Crippen LogP contribution in [0, 0.1) is 0 Å². The van der Waals surface area contributed by atoms with E-state index >= 15 is 0 Å². The van der Waals surface area contributed by atoms with Gasteiger partial charge in [-0.1, -0.05) is 104 Å². The van der Waals surface area contributed by atoms with Crippen LogP contribution in [0.15, 0.2) is 179 Å². The van der Waals surface area contributed by atoms with E-state index in [1.165, 1.54) is 21.3 Å². The number of anilines is 6. The molecule has 0 aliphatic carbocycles. The maximum absolute atomic E-state index is 6.96. The Morgan fingerprint density at radius 1 is 0.431 bits per heavy atom. The molecule has 0 radical (unpaired) electrons. The summed E-state index contributed by atoms with van der Waals surface area (Å²) in [5.41, 5.74) is 10.3. The smallest absolute Gasteiger partial charge is 0.159 e. The van der Waals surface area contributed by atoms with Crippen molar-refractivity contribution in [2.75, 3.05) is 9.80 Å². The number of nitrogens with zero attached hydrogens (tertiary/aromatic N) is 2. The largest absolute Gasteiger partial charge is 0.456 e. The molecule has 0 fully saturated rings. The van der Waals surface area contributed by atoms with Crippen molar-refractivity contribution in [2.24, 2.45) is 0 Å². The summed E-state index contributed by atoms with van der Waals surface area (Å²) in [4.78, 5) is 4.61. The minimum atomic E-state index is -2.09. The van der Waals surface area contributed by atoms with Crippen LogP contribution in [-0.2, 0) is 0 Å². The van der Waals surface area contributed by atoms with Crippen molar-refractivity contribution in [3.05, 3.63) is 170 Å². The monoisotopic (exact) mass is 674 g/mol. The maximum Gasteiger partial charge on any atom is 0.159 e. The van der Waals surface area contributed by atoms with Crippen LogP contribution >= 0.6 is 0 Å². The van der Waals surface area contributed by atoms with Crippen LogP contribution in [0.1, 0.15) is 0 Å². The van der Waals surface area contributed by atoms with Gasteiger partial charge in [0.15, 0.2) is 5.58 Å². The molecule has 4 nitrogen and oxygen atoms in total. The standard InChI is InChI=1S/C46H34N2O2Si/c1-51(2)43-28-26-34(48(33-19-10-5-11-20-33)40-23-14-22-37-36-21-12-13-24-41(36)49-44(37)40)29-39(43)45-46(51)38-27-25-35(30-42(38)50-45)47(31-15-6-3-7-16-31)32-17-8-4-9-18-32/h3-30H,1-2H3. The van der Waals surface area contributed by atoms with Crippen LogP contribution in [-0.4, -0.2) is 8.07 Å². The number of furan rings is 2. The molecule has 0 saturated heterocycles. The van der Waals surface area contributed by atoms with E-state index in [1.54, 1.807) is 0 Å². The van der Waals surface area contributed by atoms with Crippen molar-refractivity contribution in [2.45, 2.75) is 13.1 Å². The van der Waals surface area contributed by atoms with E-state index in [4.69, 9.17) is 8.83 Å². The van der Waals surface area contributed by atoms with Crippen molar-refractivity contribution < 1.29 is 8.83 Å². The van der Waals surface area contributed by atoms with Gasteiger partial charge in [0.1, 0.15) is 25.0 Å². The van der Waals surface area contributed by atoms with Gasteiger partial charge in [0.25, 0.3) is 0 Å². The fraction of sp³-hybridized carbons (Fsp3) is 0.0435. The summed E-state index contributed by atoms with van der Waals surface area (Å²) in [6, 6.07) is 60.0. The topological polar surface area (TPSA) is 32.8 Å². The van der Waals surface area contributed by atoms with Crippen molar-refractivity contribution >= 4 is 85.5 Å². The van der Waals surface area contributed by atoms with Gasteiger partial charge in [-0.05, 0) is 83.2 Å². The SMILES string of the molecule is C[Si]1(C)c2ccc(N(c3ccccc3)c3cccc4c3oc3ccccc34)cc2-c2oc3cc(N(c4ccccc4)c4ccccc4)ccc3c21. The lowest BCUT2D eigenvalue weighted by molar-refractivity contribution is 0.635. The zero-order valence-electron chi connectivity index (χ0n) is 28.4. The molecule has 9 aromatic rings. The molecule has 0 N–H and O–H groups in total. The third kappa shape index (κ3) is 4.59. The number of fused-ring (bicyclic) bond motifs is 8. The Hall–Kier alpha value is -6.30. The summed E-state index contributed by atoms with van der Waals surface area (Å²) in [7, 11) is -2.09. The Bertz CT molecular complexity index is 2690. The van der Waals surface area contributed by atoms with E-state index in [1.807, 2.05) is 12.1 Å². The second kappa shape index (κ2) is 11.4. The number of para-hydroxylation sites is 5. The highest BCUT2D eigenvalue weighted by Gasteiger charge is 2.42. The van der Waals surface area contributed by atoms with Gasteiger partial charge in [-0.15, -0.1) is 0 Å². The Labute approximate surface area is 297 Å². The number of rotatable bonds is 6. The van der Waals surface area contributed by atoms with Gasteiger partial charge in [0.05, 0.1) is 5.69 Å². The molecule has 3 heterocycles. The van der Waals surface area contributed by atoms with Crippen molar-refractivity contribution in [3.8, 4) is 11.3 Å². The third-order valence-corrected chi connectivity index (χ3v) is 13.9. The summed E-state index contributed by atoms with van der Waals surface area (Å²) >= 11 is 0.